The molecule has 1 aromatic carbocycles. The monoisotopic (exact) mass is 519 g/mol. The lowest BCUT2D eigenvalue weighted by Gasteiger charge is -2.26. The standard InChI is InChI=1S/C21H33N3O2S.HI/c1-3-19(16-27(25,26)20-12-6-5-7-13-20)23-21(22-4-2)24-14-17-10-8-9-11-18(17)15-24;/h5-7,12-13,17-19H,3-4,8-11,14-16H2,1-2H3,(H,22,23);1H. The van der Waals surface area contributed by atoms with Crippen molar-refractivity contribution < 1.29 is 8.42 Å². The van der Waals surface area contributed by atoms with Gasteiger partial charge in [-0.25, -0.2) is 8.42 Å². The number of sulfone groups is 1. The fourth-order valence-electron chi connectivity index (χ4n) is 4.40. The maximum Gasteiger partial charge on any atom is 0.194 e. The van der Waals surface area contributed by atoms with Crippen molar-refractivity contribution in [2.24, 2.45) is 16.8 Å². The van der Waals surface area contributed by atoms with E-state index in [1.54, 1.807) is 24.3 Å². The van der Waals surface area contributed by atoms with E-state index in [4.69, 9.17) is 4.99 Å². The third kappa shape index (κ3) is 5.84. The molecule has 1 saturated heterocycles. The molecule has 158 valence electrons. The Hall–Kier alpha value is -0.830. The zero-order valence-electron chi connectivity index (χ0n) is 17.0. The van der Waals surface area contributed by atoms with Gasteiger partial charge in [0.2, 0.25) is 0 Å². The average Bonchev–Trinajstić information content (AvgIpc) is 3.11. The van der Waals surface area contributed by atoms with Crippen LogP contribution in [0.5, 0.6) is 0 Å². The number of hydrogen-bond donors (Lipinski definition) is 1. The van der Waals surface area contributed by atoms with E-state index in [9.17, 15) is 8.42 Å². The molecule has 2 fully saturated rings. The zero-order valence-corrected chi connectivity index (χ0v) is 20.2. The van der Waals surface area contributed by atoms with E-state index in [1.807, 2.05) is 19.9 Å². The van der Waals surface area contributed by atoms with Crippen LogP contribution in [0.25, 0.3) is 0 Å². The van der Waals surface area contributed by atoms with E-state index in [-0.39, 0.29) is 35.8 Å². The summed E-state index contributed by atoms with van der Waals surface area (Å²) in [5.74, 6) is 2.53. The van der Waals surface area contributed by atoms with Gasteiger partial charge in [0, 0.05) is 25.7 Å². The third-order valence-corrected chi connectivity index (χ3v) is 7.76. The first-order valence-electron chi connectivity index (χ1n) is 10.4. The van der Waals surface area contributed by atoms with Gasteiger partial charge in [0.1, 0.15) is 0 Å². The van der Waals surface area contributed by atoms with Crippen LogP contribution in [0.4, 0.5) is 0 Å². The van der Waals surface area contributed by atoms with E-state index < -0.39 is 9.84 Å². The molecule has 0 bridgehead atoms. The van der Waals surface area contributed by atoms with Crippen LogP contribution in [0.1, 0.15) is 46.0 Å². The van der Waals surface area contributed by atoms with Gasteiger partial charge in [-0.2, -0.15) is 0 Å². The minimum absolute atomic E-state index is 0. The SMILES string of the molecule is CCN=C(NC(CC)CS(=O)(=O)c1ccccc1)N1CC2CCCCC2C1.I. The van der Waals surface area contributed by atoms with E-state index in [0.717, 1.165) is 37.3 Å². The predicted octanol–water partition coefficient (Wildman–Crippen LogP) is 3.94. The summed E-state index contributed by atoms with van der Waals surface area (Å²) in [6.45, 7) is 6.88. The molecule has 1 heterocycles. The fourth-order valence-corrected chi connectivity index (χ4v) is 6.01. The Labute approximate surface area is 187 Å². The quantitative estimate of drug-likeness (QED) is 0.352. The molecule has 3 unspecified atom stereocenters. The highest BCUT2D eigenvalue weighted by molar-refractivity contribution is 14.0. The molecule has 3 atom stereocenters. The van der Waals surface area contributed by atoms with Gasteiger partial charge in [-0.1, -0.05) is 38.0 Å². The van der Waals surface area contributed by atoms with Crippen molar-refractivity contribution in [2.45, 2.75) is 56.9 Å². The minimum Gasteiger partial charge on any atom is -0.352 e. The Bertz CT molecular complexity index is 725. The van der Waals surface area contributed by atoms with Crippen molar-refractivity contribution >= 4 is 39.8 Å². The second-order valence-corrected chi connectivity index (χ2v) is 9.89. The van der Waals surface area contributed by atoms with Gasteiger partial charge in [0.05, 0.1) is 10.6 Å². The summed E-state index contributed by atoms with van der Waals surface area (Å²) in [6, 6.07) is 8.60. The molecule has 1 aliphatic carbocycles. The van der Waals surface area contributed by atoms with Crippen LogP contribution in [-0.2, 0) is 9.84 Å². The van der Waals surface area contributed by atoms with Crippen LogP contribution in [0.3, 0.4) is 0 Å². The van der Waals surface area contributed by atoms with E-state index >= 15 is 0 Å². The first kappa shape index (κ1) is 23.4. The molecule has 1 saturated carbocycles. The van der Waals surface area contributed by atoms with Crippen LogP contribution >= 0.6 is 24.0 Å². The second-order valence-electron chi connectivity index (χ2n) is 7.85. The number of nitrogens with one attached hydrogen (secondary N) is 1. The average molecular weight is 519 g/mol. The van der Waals surface area contributed by atoms with Crippen molar-refractivity contribution in [1.82, 2.24) is 10.2 Å². The summed E-state index contributed by atoms with van der Waals surface area (Å²) < 4.78 is 25.5. The Kier molecular flexibility index (Phi) is 9.05. The Balaban J connectivity index is 0.00000280. The molecule has 0 spiro atoms. The molecule has 0 radical (unpaired) electrons. The third-order valence-electron chi connectivity index (χ3n) is 5.93. The summed E-state index contributed by atoms with van der Waals surface area (Å²) in [5.41, 5.74) is 0. The summed E-state index contributed by atoms with van der Waals surface area (Å²) in [5, 5.41) is 3.48. The number of halogens is 1. The highest BCUT2D eigenvalue weighted by Crippen LogP contribution is 2.36. The van der Waals surface area contributed by atoms with Crippen LogP contribution in [-0.4, -0.2) is 50.7 Å². The molecule has 1 N–H and O–H groups in total. The number of fused-ring (bicyclic) bond motifs is 1. The van der Waals surface area contributed by atoms with E-state index in [2.05, 4.69) is 10.2 Å². The molecule has 1 aromatic rings. The molecular weight excluding hydrogens is 485 g/mol. The summed E-state index contributed by atoms with van der Waals surface area (Å²) in [6.07, 6.45) is 6.07. The lowest BCUT2D eigenvalue weighted by molar-refractivity contribution is 0.299. The lowest BCUT2D eigenvalue weighted by Crippen LogP contribution is -2.47. The van der Waals surface area contributed by atoms with Crippen molar-refractivity contribution in [3.05, 3.63) is 30.3 Å². The topological polar surface area (TPSA) is 61.8 Å². The molecule has 28 heavy (non-hydrogen) atoms. The minimum atomic E-state index is -3.31. The van der Waals surface area contributed by atoms with Crippen molar-refractivity contribution in [1.29, 1.82) is 0 Å². The highest BCUT2D eigenvalue weighted by Gasteiger charge is 2.36. The molecule has 0 amide bonds. The zero-order chi connectivity index (χ0) is 19.3. The van der Waals surface area contributed by atoms with E-state index in [1.165, 1.54) is 25.7 Å². The van der Waals surface area contributed by atoms with Crippen molar-refractivity contribution in [3.63, 3.8) is 0 Å². The first-order valence-corrected chi connectivity index (χ1v) is 12.0. The molecule has 7 heteroatoms. The fraction of sp³-hybridized carbons (Fsp3) is 0.667. The number of guanidine groups is 1. The van der Waals surface area contributed by atoms with Gasteiger partial charge in [-0.15, -0.1) is 24.0 Å². The number of rotatable bonds is 6. The van der Waals surface area contributed by atoms with E-state index in [0.29, 0.717) is 11.4 Å². The summed E-state index contributed by atoms with van der Waals surface area (Å²) in [7, 11) is -3.31. The number of aliphatic imine (C=N–C) groups is 1. The molecular formula is C21H34IN3O2S. The van der Waals surface area contributed by atoms with Crippen LogP contribution in [0, 0.1) is 11.8 Å². The van der Waals surface area contributed by atoms with Crippen LogP contribution in [0.15, 0.2) is 40.2 Å². The largest absolute Gasteiger partial charge is 0.352 e. The Morgan fingerprint density at radius 2 is 1.75 bits per heavy atom. The maximum absolute atomic E-state index is 12.8. The molecule has 1 aliphatic heterocycles. The molecule has 2 aliphatic rings. The van der Waals surface area contributed by atoms with Crippen LogP contribution < -0.4 is 5.32 Å². The van der Waals surface area contributed by atoms with Crippen LogP contribution in [0.2, 0.25) is 0 Å². The van der Waals surface area contributed by atoms with Gasteiger partial charge in [-0.05, 0) is 50.2 Å². The van der Waals surface area contributed by atoms with Gasteiger partial charge in [-0.3, -0.25) is 4.99 Å². The predicted molar refractivity (Wildman–Crippen MR) is 126 cm³/mol. The van der Waals surface area contributed by atoms with Gasteiger partial charge < -0.3 is 10.2 Å². The lowest BCUT2D eigenvalue weighted by atomic mass is 9.82. The van der Waals surface area contributed by atoms with Gasteiger partial charge in [0.25, 0.3) is 0 Å². The molecule has 0 aromatic heterocycles. The smallest absolute Gasteiger partial charge is 0.194 e. The maximum atomic E-state index is 12.8. The summed E-state index contributed by atoms with van der Waals surface area (Å²) in [4.78, 5) is 7.45. The highest BCUT2D eigenvalue weighted by atomic mass is 127. The van der Waals surface area contributed by atoms with Crippen molar-refractivity contribution in [2.75, 3.05) is 25.4 Å². The number of likely N-dealkylation sites (tertiary alicyclic amines) is 1. The number of nitrogens with zero attached hydrogens (tertiary/aromatic N) is 2. The number of benzene rings is 1. The number of hydrogen-bond acceptors (Lipinski definition) is 3. The Morgan fingerprint density at radius 3 is 2.29 bits per heavy atom. The molecule has 5 nitrogen and oxygen atoms in total. The Morgan fingerprint density at radius 1 is 1.14 bits per heavy atom. The first-order chi connectivity index (χ1) is 13.0. The second kappa shape index (κ2) is 10.8. The normalized spacial score (nSPS) is 23.6. The van der Waals surface area contributed by atoms with Crippen molar-refractivity contribution in [3.8, 4) is 0 Å². The van der Waals surface area contributed by atoms with Gasteiger partial charge in [0.15, 0.2) is 15.8 Å². The van der Waals surface area contributed by atoms with Gasteiger partial charge >= 0.3 is 0 Å². The summed E-state index contributed by atoms with van der Waals surface area (Å²) >= 11 is 0. The molecule has 3 rings (SSSR count).